The van der Waals surface area contributed by atoms with Crippen LogP contribution in [0.15, 0.2) is 18.2 Å². The summed E-state index contributed by atoms with van der Waals surface area (Å²) in [7, 11) is -1.15. The first-order valence-corrected chi connectivity index (χ1v) is 13.7. The van der Waals surface area contributed by atoms with Gasteiger partial charge in [-0.1, -0.05) is 6.07 Å². The second kappa shape index (κ2) is 11.7. The molecule has 0 radical (unpaired) electrons. The number of thiol groups is 1. The molecular weight excluding hydrogens is 522 g/mol. The summed E-state index contributed by atoms with van der Waals surface area (Å²) in [6.45, 7) is 2.55. The normalized spacial score (nSPS) is 20.4. The molecule has 3 aromatic rings. The van der Waals surface area contributed by atoms with E-state index in [-0.39, 0.29) is 23.9 Å². The summed E-state index contributed by atoms with van der Waals surface area (Å²) in [5.41, 5.74) is 0.689. The summed E-state index contributed by atoms with van der Waals surface area (Å²) in [4.78, 5) is 19.9. The van der Waals surface area contributed by atoms with Crippen LogP contribution in [-0.2, 0) is 15.6 Å². The molecule has 2 N–H and O–H groups in total. The van der Waals surface area contributed by atoms with Gasteiger partial charge in [0.15, 0.2) is 5.82 Å². The maximum absolute atomic E-state index is 14.2. The van der Waals surface area contributed by atoms with Crippen LogP contribution in [0.3, 0.4) is 0 Å². The molecule has 2 aliphatic rings. The second-order valence-corrected chi connectivity index (χ2v) is 10.1. The zero-order valence-electron chi connectivity index (χ0n) is 20.8. The molecule has 1 aromatic carbocycles. The quantitative estimate of drug-likeness (QED) is 0.339. The van der Waals surface area contributed by atoms with E-state index in [4.69, 9.17) is 9.47 Å². The summed E-state index contributed by atoms with van der Waals surface area (Å²) in [6, 6.07) is 5.09. The average Bonchev–Trinajstić information content (AvgIpc) is 3.33. The Labute approximate surface area is 219 Å². The molecule has 3 heterocycles. The first-order valence-electron chi connectivity index (χ1n) is 12.5. The number of halogens is 2. The number of nitrogens with zero attached hydrogens (tertiary/aromatic N) is 6. The smallest absolute Gasteiger partial charge is 0.296 e. The highest BCUT2D eigenvalue weighted by atomic mass is 32.2. The van der Waals surface area contributed by atoms with E-state index in [2.05, 4.69) is 30.0 Å². The average molecular weight is 553 g/mol. The molecule has 2 fully saturated rings. The van der Waals surface area contributed by atoms with Gasteiger partial charge in [0.05, 0.1) is 25.8 Å². The molecular formula is C23H30F2N8O4S. The van der Waals surface area contributed by atoms with Crippen molar-refractivity contribution in [2.45, 2.75) is 38.2 Å². The van der Waals surface area contributed by atoms with Crippen molar-refractivity contribution < 1.29 is 26.7 Å². The number of anilines is 2. The standard InChI is InChI=1S/C23H30F2N8O4S/c1-36-17-4-2-3-16-18(17)28-20(19(24)25)33(16)23-30-21(29-22(31-23)32-9-11-37-12-10-32)27-15-7-5-14(6-8-15)13-26-38(34)35/h2-4,14-15,19,38H,5-13H2,1H3,(H,26,34,35)(H,27,29,30,31). The lowest BCUT2D eigenvalue weighted by atomic mass is 9.86. The molecule has 0 spiro atoms. The van der Waals surface area contributed by atoms with E-state index in [1.165, 1.54) is 11.7 Å². The molecule has 1 saturated carbocycles. The summed E-state index contributed by atoms with van der Waals surface area (Å²) in [5, 5.41) is 3.36. The number of benzene rings is 1. The van der Waals surface area contributed by atoms with Gasteiger partial charge < -0.3 is 19.7 Å². The van der Waals surface area contributed by atoms with E-state index in [0.29, 0.717) is 55.6 Å². The van der Waals surface area contributed by atoms with Gasteiger partial charge in [-0.3, -0.25) is 4.57 Å². The number of aromatic nitrogens is 5. The molecule has 38 heavy (non-hydrogen) atoms. The van der Waals surface area contributed by atoms with Crippen molar-refractivity contribution in [3.63, 3.8) is 0 Å². The van der Waals surface area contributed by atoms with Crippen LogP contribution in [-0.4, -0.2) is 78.9 Å². The molecule has 206 valence electrons. The van der Waals surface area contributed by atoms with Gasteiger partial charge in [-0.15, -0.1) is 0 Å². The third-order valence-corrected chi connectivity index (χ3v) is 7.32. The first-order chi connectivity index (χ1) is 18.4. The Morgan fingerprint density at radius 1 is 1.08 bits per heavy atom. The SMILES string of the molecule is COc1cccc2c1nc(C(F)F)n2-c1nc(NC2CCC(CN[SH](=O)=O)CC2)nc(N2CCOCC2)n1. The summed E-state index contributed by atoms with van der Waals surface area (Å²) < 4.78 is 64.6. The predicted octanol–water partition coefficient (Wildman–Crippen LogP) is 2.08. The number of nitrogens with one attached hydrogen (secondary N) is 2. The number of imidazole rings is 1. The molecule has 0 bridgehead atoms. The highest BCUT2D eigenvalue weighted by molar-refractivity contribution is 7.70. The number of ether oxygens (including phenoxy) is 2. The third-order valence-electron chi connectivity index (χ3n) is 6.88. The Bertz CT molecular complexity index is 1330. The number of alkyl halides is 2. The number of morpholine rings is 1. The number of methoxy groups -OCH3 is 1. The van der Waals surface area contributed by atoms with Crippen molar-refractivity contribution in [1.29, 1.82) is 0 Å². The van der Waals surface area contributed by atoms with Crippen LogP contribution in [0.5, 0.6) is 5.75 Å². The highest BCUT2D eigenvalue weighted by Crippen LogP contribution is 2.32. The van der Waals surface area contributed by atoms with Crippen LogP contribution in [0.4, 0.5) is 20.7 Å². The fourth-order valence-corrected chi connectivity index (χ4v) is 5.34. The number of hydrogen-bond donors (Lipinski definition) is 3. The fourth-order valence-electron chi connectivity index (χ4n) is 4.93. The van der Waals surface area contributed by atoms with Crippen LogP contribution < -0.4 is 19.7 Å². The Kier molecular flexibility index (Phi) is 8.14. The van der Waals surface area contributed by atoms with E-state index in [9.17, 15) is 17.2 Å². The molecule has 0 atom stereocenters. The van der Waals surface area contributed by atoms with Crippen LogP contribution in [0, 0.1) is 5.92 Å². The van der Waals surface area contributed by atoms with Gasteiger partial charge in [0.1, 0.15) is 11.3 Å². The second-order valence-electron chi connectivity index (χ2n) is 9.27. The van der Waals surface area contributed by atoms with Crippen LogP contribution in [0.1, 0.15) is 37.9 Å². The summed E-state index contributed by atoms with van der Waals surface area (Å²) in [6.07, 6.45) is 0.389. The lowest BCUT2D eigenvalue weighted by Gasteiger charge is -2.30. The van der Waals surface area contributed by atoms with E-state index < -0.39 is 23.1 Å². The Morgan fingerprint density at radius 3 is 2.50 bits per heavy atom. The van der Waals surface area contributed by atoms with Crippen molar-refractivity contribution in [3.8, 4) is 11.7 Å². The highest BCUT2D eigenvalue weighted by Gasteiger charge is 2.27. The van der Waals surface area contributed by atoms with Crippen LogP contribution >= 0.6 is 0 Å². The van der Waals surface area contributed by atoms with Gasteiger partial charge in [-0.05, 0) is 43.7 Å². The van der Waals surface area contributed by atoms with Gasteiger partial charge in [0, 0.05) is 25.7 Å². The van der Waals surface area contributed by atoms with Crippen molar-refractivity contribution in [3.05, 3.63) is 24.0 Å². The molecule has 0 unspecified atom stereocenters. The van der Waals surface area contributed by atoms with Crippen LogP contribution in [0.25, 0.3) is 17.0 Å². The number of para-hydroxylation sites is 1. The Hall–Kier alpha value is -3.17. The summed E-state index contributed by atoms with van der Waals surface area (Å²) >= 11 is 0. The minimum absolute atomic E-state index is 0.0344. The lowest BCUT2D eigenvalue weighted by molar-refractivity contribution is 0.122. The number of fused-ring (bicyclic) bond motifs is 1. The molecule has 5 rings (SSSR count). The predicted molar refractivity (Wildman–Crippen MR) is 137 cm³/mol. The molecule has 1 saturated heterocycles. The van der Waals surface area contributed by atoms with E-state index in [1.54, 1.807) is 18.2 Å². The Balaban J connectivity index is 1.49. The fraction of sp³-hybridized carbons (Fsp3) is 0.565. The first kappa shape index (κ1) is 26.4. The van der Waals surface area contributed by atoms with Gasteiger partial charge in [-0.25, -0.2) is 26.9 Å². The van der Waals surface area contributed by atoms with Crippen LogP contribution in [0.2, 0.25) is 0 Å². The van der Waals surface area contributed by atoms with Gasteiger partial charge in [0.25, 0.3) is 6.43 Å². The maximum Gasteiger partial charge on any atom is 0.296 e. The van der Waals surface area contributed by atoms with E-state index in [0.717, 1.165) is 25.7 Å². The molecule has 0 amide bonds. The zero-order valence-corrected chi connectivity index (χ0v) is 21.7. The minimum Gasteiger partial charge on any atom is -0.494 e. The van der Waals surface area contributed by atoms with Crippen molar-refractivity contribution >= 4 is 33.8 Å². The van der Waals surface area contributed by atoms with E-state index >= 15 is 0 Å². The minimum atomic E-state index is -2.87. The van der Waals surface area contributed by atoms with E-state index in [1.807, 2.05) is 4.90 Å². The number of hydrogen-bond acceptors (Lipinski definition) is 10. The molecule has 15 heteroatoms. The monoisotopic (exact) mass is 552 g/mol. The lowest BCUT2D eigenvalue weighted by Crippen LogP contribution is -2.38. The Morgan fingerprint density at radius 2 is 1.82 bits per heavy atom. The molecule has 12 nitrogen and oxygen atoms in total. The van der Waals surface area contributed by atoms with Gasteiger partial charge >= 0.3 is 0 Å². The number of rotatable bonds is 9. The summed E-state index contributed by atoms with van der Waals surface area (Å²) in [5.74, 6) is 0.830. The van der Waals surface area contributed by atoms with Gasteiger partial charge in [-0.2, -0.15) is 15.0 Å². The topological polar surface area (TPSA) is 136 Å². The molecule has 2 aromatic heterocycles. The van der Waals surface area contributed by atoms with Crippen molar-refractivity contribution in [2.75, 3.05) is 50.2 Å². The molecule has 1 aliphatic heterocycles. The van der Waals surface area contributed by atoms with Gasteiger partial charge in [0.2, 0.25) is 28.7 Å². The van der Waals surface area contributed by atoms with Crippen molar-refractivity contribution in [1.82, 2.24) is 29.2 Å². The third kappa shape index (κ3) is 5.78. The molecule has 1 aliphatic carbocycles. The largest absolute Gasteiger partial charge is 0.494 e. The zero-order chi connectivity index (χ0) is 26.6. The van der Waals surface area contributed by atoms with Crippen molar-refractivity contribution in [2.24, 2.45) is 5.92 Å². The maximum atomic E-state index is 14.2.